The Hall–Kier alpha value is -1.96. The van der Waals surface area contributed by atoms with Gasteiger partial charge in [-0.25, -0.2) is 17.7 Å². The molecule has 0 saturated carbocycles. The molecule has 0 amide bonds. The van der Waals surface area contributed by atoms with E-state index in [0.29, 0.717) is 48.9 Å². The van der Waals surface area contributed by atoms with Crippen molar-refractivity contribution in [2.75, 3.05) is 24.1 Å². The number of ether oxygens (including phenoxy) is 2. The average Bonchev–Trinajstić information content (AvgIpc) is 3.13. The number of rotatable bonds is 7. The molecule has 1 aliphatic rings. The third kappa shape index (κ3) is 4.18. The van der Waals surface area contributed by atoms with Crippen molar-refractivity contribution < 1.29 is 17.9 Å². The van der Waals surface area contributed by atoms with Gasteiger partial charge in [-0.2, -0.15) is 0 Å². The lowest BCUT2D eigenvalue weighted by Crippen LogP contribution is -2.33. The van der Waals surface area contributed by atoms with Crippen LogP contribution in [0.2, 0.25) is 0 Å². The summed E-state index contributed by atoms with van der Waals surface area (Å²) in [6.45, 7) is 3.30. The molecule has 0 radical (unpaired) electrons. The van der Waals surface area contributed by atoms with Gasteiger partial charge in [0.05, 0.1) is 18.1 Å². The Kier molecular flexibility index (Phi) is 5.67. The zero-order chi connectivity index (χ0) is 17.7. The smallest absolute Gasteiger partial charge is 0.265 e. The van der Waals surface area contributed by atoms with Crippen LogP contribution < -0.4 is 4.31 Å². The molecule has 1 aliphatic heterocycles. The molecule has 0 bridgehead atoms. The zero-order valence-corrected chi connectivity index (χ0v) is 15.0. The van der Waals surface area contributed by atoms with Crippen LogP contribution in [-0.2, 0) is 19.5 Å². The Labute approximate surface area is 148 Å². The molecule has 0 aliphatic carbocycles. The fourth-order valence-corrected chi connectivity index (χ4v) is 4.49. The van der Waals surface area contributed by atoms with Crippen LogP contribution in [0.25, 0.3) is 0 Å². The Morgan fingerprint density at radius 2 is 1.84 bits per heavy atom. The Bertz CT molecular complexity index is 790. The molecular formula is C18H22N2O4S. The van der Waals surface area contributed by atoms with Crippen molar-refractivity contribution in [3.8, 4) is 0 Å². The van der Waals surface area contributed by atoms with Gasteiger partial charge in [0.15, 0.2) is 6.29 Å². The van der Waals surface area contributed by atoms with Gasteiger partial charge in [-0.05, 0) is 37.1 Å². The number of anilines is 1. The van der Waals surface area contributed by atoms with Crippen molar-refractivity contribution in [3.05, 3.63) is 54.2 Å². The second kappa shape index (κ2) is 7.95. The molecule has 1 aromatic heterocycles. The van der Waals surface area contributed by atoms with E-state index in [2.05, 4.69) is 4.98 Å². The monoisotopic (exact) mass is 362 g/mol. The minimum Gasteiger partial charge on any atom is -0.350 e. The van der Waals surface area contributed by atoms with Gasteiger partial charge >= 0.3 is 0 Å². The van der Waals surface area contributed by atoms with Crippen molar-refractivity contribution in [1.82, 2.24) is 4.98 Å². The van der Waals surface area contributed by atoms with E-state index in [1.165, 1.54) is 4.31 Å². The molecule has 2 aromatic rings. The van der Waals surface area contributed by atoms with Crippen molar-refractivity contribution in [2.24, 2.45) is 0 Å². The molecular weight excluding hydrogens is 340 g/mol. The number of benzene rings is 1. The molecule has 1 fully saturated rings. The lowest BCUT2D eigenvalue weighted by Gasteiger charge is -2.24. The minimum atomic E-state index is -3.69. The summed E-state index contributed by atoms with van der Waals surface area (Å²) < 4.78 is 38.6. The van der Waals surface area contributed by atoms with Crippen LogP contribution in [0.5, 0.6) is 0 Å². The highest BCUT2D eigenvalue weighted by molar-refractivity contribution is 7.92. The van der Waals surface area contributed by atoms with Gasteiger partial charge < -0.3 is 9.47 Å². The van der Waals surface area contributed by atoms with Crippen LogP contribution in [0.4, 0.5) is 5.82 Å². The van der Waals surface area contributed by atoms with Crippen molar-refractivity contribution in [3.63, 3.8) is 0 Å². The SMILES string of the molecule is Cc1ccccc1S(=O)(=O)N(CCCC1OCCO1)c1ccccn1. The second-order valence-electron chi connectivity index (χ2n) is 5.84. The number of pyridine rings is 1. The molecule has 0 atom stereocenters. The predicted octanol–water partition coefficient (Wildman–Crippen LogP) is 2.74. The molecule has 0 N–H and O–H groups in total. The summed E-state index contributed by atoms with van der Waals surface area (Å²) in [5.74, 6) is 0.416. The maximum atomic E-state index is 13.2. The van der Waals surface area contributed by atoms with Gasteiger partial charge in [0.1, 0.15) is 5.82 Å². The van der Waals surface area contributed by atoms with Crippen molar-refractivity contribution in [2.45, 2.75) is 31.0 Å². The van der Waals surface area contributed by atoms with Crippen LogP contribution in [0.15, 0.2) is 53.6 Å². The largest absolute Gasteiger partial charge is 0.350 e. The maximum Gasteiger partial charge on any atom is 0.265 e. The predicted molar refractivity (Wildman–Crippen MR) is 94.9 cm³/mol. The number of nitrogens with zero attached hydrogens (tertiary/aromatic N) is 2. The van der Waals surface area contributed by atoms with Gasteiger partial charge in [0.2, 0.25) is 0 Å². The summed E-state index contributed by atoms with van der Waals surface area (Å²) in [6, 6.07) is 12.2. The lowest BCUT2D eigenvalue weighted by molar-refractivity contribution is -0.0471. The van der Waals surface area contributed by atoms with E-state index in [4.69, 9.17) is 9.47 Å². The van der Waals surface area contributed by atoms with E-state index in [0.717, 1.165) is 0 Å². The van der Waals surface area contributed by atoms with Crippen molar-refractivity contribution >= 4 is 15.8 Å². The molecule has 1 saturated heterocycles. The molecule has 0 spiro atoms. The topological polar surface area (TPSA) is 68.7 Å². The van der Waals surface area contributed by atoms with Gasteiger partial charge in [-0.3, -0.25) is 0 Å². The fourth-order valence-electron chi connectivity index (χ4n) is 2.80. The first-order valence-electron chi connectivity index (χ1n) is 8.31. The normalized spacial score (nSPS) is 15.4. The van der Waals surface area contributed by atoms with Gasteiger partial charge in [0, 0.05) is 19.2 Å². The van der Waals surface area contributed by atoms with Crippen LogP contribution in [0, 0.1) is 6.92 Å². The van der Waals surface area contributed by atoms with Crippen LogP contribution in [-0.4, -0.2) is 39.5 Å². The Morgan fingerprint density at radius 1 is 1.12 bits per heavy atom. The maximum absolute atomic E-state index is 13.2. The average molecular weight is 362 g/mol. The van der Waals surface area contributed by atoms with Crippen LogP contribution in [0.1, 0.15) is 18.4 Å². The molecule has 1 aromatic carbocycles. The summed E-state index contributed by atoms with van der Waals surface area (Å²) in [5.41, 5.74) is 0.714. The Morgan fingerprint density at radius 3 is 2.52 bits per heavy atom. The Balaban J connectivity index is 1.84. The van der Waals surface area contributed by atoms with Gasteiger partial charge in [-0.15, -0.1) is 0 Å². The standard InChI is InChI=1S/C18H22N2O4S/c1-15-7-2-3-8-16(15)25(21,22)20(17-9-4-5-11-19-17)12-6-10-18-23-13-14-24-18/h2-5,7-9,11,18H,6,10,12-14H2,1H3. The van der Waals surface area contributed by atoms with E-state index in [1.807, 2.05) is 6.07 Å². The van der Waals surface area contributed by atoms with Crippen LogP contribution in [0.3, 0.4) is 0 Å². The van der Waals surface area contributed by atoms with E-state index in [1.54, 1.807) is 49.5 Å². The summed E-state index contributed by atoms with van der Waals surface area (Å²) in [7, 11) is -3.69. The van der Waals surface area contributed by atoms with Gasteiger partial charge in [0.25, 0.3) is 10.0 Å². The first-order valence-corrected chi connectivity index (χ1v) is 9.75. The number of aryl methyl sites for hydroxylation is 1. The summed E-state index contributed by atoms with van der Waals surface area (Å²) in [5, 5.41) is 0. The number of hydrogen-bond acceptors (Lipinski definition) is 5. The molecule has 3 rings (SSSR count). The molecule has 7 heteroatoms. The summed E-state index contributed by atoms with van der Waals surface area (Å²) in [4.78, 5) is 4.54. The molecule has 6 nitrogen and oxygen atoms in total. The highest BCUT2D eigenvalue weighted by Crippen LogP contribution is 2.25. The third-order valence-corrected chi connectivity index (χ3v) is 6.02. The first-order chi connectivity index (χ1) is 12.1. The molecule has 2 heterocycles. The molecule has 25 heavy (non-hydrogen) atoms. The minimum absolute atomic E-state index is 0.244. The number of aromatic nitrogens is 1. The molecule has 134 valence electrons. The summed E-state index contributed by atoms with van der Waals surface area (Å²) >= 11 is 0. The second-order valence-corrected chi connectivity index (χ2v) is 7.67. The van der Waals surface area contributed by atoms with E-state index in [9.17, 15) is 8.42 Å². The molecule has 0 unspecified atom stereocenters. The summed E-state index contributed by atoms with van der Waals surface area (Å²) in [6.07, 6.45) is 2.62. The van der Waals surface area contributed by atoms with Gasteiger partial charge in [-0.1, -0.05) is 24.3 Å². The zero-order valence-electron chi connectivity index (χ0n) is 14.2. The fraction of sp³-hybridized carbons (Fsp3) is 0.389. The quantitative estimate of drug-likeness (QED) is 0.757. The highest BCUT2D eigenvalue weighted by Gasteiger charge is 2.27. The van der Waals surface area contributed by atoms with Crippen molar-refractivity contribution in [1.29, 1.82) is 0 Å². The van der Waals surface area contributed by atoms with E-state index >= 15 is 0 Å². The third-order valence-electron chi connectivity index (χ3n) is 4.06. The van der Waals surface area contributed by atoms with E-state index in [-0.39, 0.29) is 6.29 Å². The number of sulfonamides is 1. The number of hydrogen-bond donors (Lipinski definition) is 0. The first kappa shape index (κ1) is 17.8. The van der Waals surface area contributed by atoms with Crippen LogP contribution >= 0.6 is 0 Å². The highest BCUT2D eigenvalue weighted by atomic mass is 32.2. The lowest BCUT2D eigenvalue weighted by atomic mass is 10.2. The van der Waals surface area contributed by atoms with E-state index < -0.39 is 10.0 Å².